The minimum Gasteiger partial charge on any atom is -0.442 e. The van der Waals surface area contributed by atoms with Crippen molar-refractivity contribution in [3.8, 4) is 0 Å². The highest BCUT2D eigenvalue weighted by atomic mass is 16.6. The van der Waals surface area contributed by atoms with Crippen molar-refractivity contribution in [3.05, 3.63) is 24.3 Å². The number of carbonyl (C=O) groups is 5. The molecule has 9 nitrogen and oxygen atoms in total. The van der Waals surface area contributed by atoms with Crippen LogP contribution in [0.25, 0.3) is 0 Å². The van der Waals surface area contributed by atoms with Crippen LogP contribution in [0.4, 0.5) is 4.79 Å². The van der Waals surface area contributed by atoms with Gasteiger partial charge in [-0.2, -0.15) is 0 Å². The molecule has 4 amide bonds. The van der Waals surface area contributed by atoms with Gasteiger partial charge in [-0.15, -0.1) is 0 Å². The fourth-order valence-electron chi connectivity index (χ4n) is 3.95. The maximum absolute atomic E-state index is 13.0. The summed E-state index contributed by atoms with van der Waals surface area (Å²) in [5.74, 6) is -1.10. The van der Waals surface area contributed by atoms with E-state index in [9.17, 15) is 24.0 Å². The predicted octanol–water partition coefficient (Wildman–Crippen LogP) is 2.95. The lowest BCUT2D eigenvalue weighted by molar-refractivity contribution is -0.143. The SMILES string of the molecule is CN(CCN(C)C(=O)O[C@H]1/C=C/CC[C@@](C)(C(=O)CN2C(=O)C=CC2=O)CC1)C(=O)CC(C)(C)C. The summed E-state index contributed by atoms with van der Waals surface area (Å²) in [7, 11) is 3.35. The highest BCUT2D eigenvalue weighted by Crippen LogP contribution is 2.34. The number of hydrogen-bond acceptors (Lipinski definition) is 6. The second-order valence-corrected chi connectivity index (χ2v) is 11.0. The van der Waals surface area contributed by atoms with Gasteiger partial charge in [0, 0.05) is 51.2 Å². The Balaban J connectivity index is 1.87. The van der Waals surface area contributed by atoms with Gasteiger partial charge in [0.1, 0.15) is 6.10 Å². The molecule has 0 aromatic heterocycles. The van der Waals surface area contributed by atoms with Gasteiger partial charge in [0.05, 0.1) is 6.54 Å². The number of likely N-dealkylation sites (N-methyl/N-ethyl adjacent to an activating group) is 2. The number of nitrogens with zero attached hydrogens (tertiary/aromatic N) is 3. The van der Waals surface area contributed by atoms with E-state index in [1.165, 1.54) is 17.1 Å². The van der Waals surface area contributed by atoms with Crippen LogP contribution in [0.5, 0.6) is 0 Å². The number of carbonyl (C=O) groups excluding carboxylic acids is 5. The largest absolute Gasteiger partial charge is 0.442 e. The third kappa shape index (κ3) is 8.33. The van der Waals surface area contributed by atoms with E-state index in [4.69, 9.17) is 4.74 Å². The van der Waals surface area contributed by atoms with Crippen LogP contribution in [-0.4, -0.2) is 84.1 Å². The van der Waals surface area contributed by atoms with Crippen molar-refractivity contribution in [1.82, 2.24) is 14.7 Å². The molecule has 0 saturated heterocycles. The molecule has 35 heavy (non-hydrogen) atoms. The Morgan fingerprint density at radius 3 is 2.26 bits per heavy atom. The van der Waals surface area contributed by atoms with Crippen molar-refractivity contribution in [2.45, 2.75) is 65.9 Å². The van der Waals surface area contributed by atoms with Gasteiger partial charge >= 0.3 is 6.09 Å². The number of imide groups is 1. The van der Waals surface area contributed by atoms with Crippen molar-refractivity contribution >= 4 is 29.6 Å². The molecule has 2 atom stereocenters. The molecule has 9 heteroatoms. The smallest absolute Gasteiger partial charge is 0.410 e. The summed E-state index contributed by atoms with van der Waals surface area (Å²) in [5, 5.41) is 0. The Morgan fingerprint density at radius 1 is 1.06 bits per heavy atom. The van der Waals surface area contributed by atoms with E-state index in [1.807, 2.05) is 39.8 Å². The van der Waals surface area contributed by atoms with Gasteiger partial charge in [0.15, 0.2) is 5.78 Å². The lowest BCUT2D eigenvalue weighted by atomic mass is 9.75. The monoisotopic (exact) mass is 489 g/mol. The van der Waals surface area contributed by atoms with Gasteiger partial charge in [-0.1, -0.05) is 33.8 Å². The van der Waals surface area contributed by atoms with Gasteiger partial charge < -0.3 is 14.5 Å². The number of ether oxygens (including phenoxy) is 1. The first-order chi connectivity index (χ1) is 16.2. The number of rotatable bonds is 8. The van der Waals surface area contributed by atoms with E-state index in [-0.39, 0.29) is 23.7 Å². The third-order valence-electron chi connectivity index (χ3n) is 6.51. The van der Waals surface area contributed by atoms with Crippen LogP contribution in [0.1, 0.15) is 59.8 Å². The molecule has 0 N–H and O–H groups in total. The molecule has 2 rings (SSSR count). The molecule has 0 aromatic carbocycles. The predicted molar refractivity (Wildman–Crippen MR) is 131 cm³/mol. The van der Waals surface area contributed by atoms with Crippen LogP contribution in [-0.2, 0) is 23.9 Å². The van der Waals surface area contributed by atoms with Crippen molar-refractivity contribution in [1.29, 1.82) is 0 Å². The van der Waals surface area contributed by atoms with E-state index in [2.05, 4.69) is 0 Å². The highest BCUT2D eigenvalue weighted by molar-refractivity contribution is 6.14. The summed E-state index contributed by atoms with van der Waals surface area (Å²) < 4.78 is 5.66. The van der Waals surface area contributed by atoms with Crippen molar-refractivity contribution in [2.75, 3.05) is 33.7 Å². The van der Waals surface area contributed by atoms with E-state index >= 15 is 0 Å². The Morgan fingerprint density at radius 2 is 1.66 bits per heavy atom. The maximum Gasteiger partial charge on any atom is 0.410 e. The van der Waals surface area contributed by atoms with Crippen molar-refractivity contribution in [2.24, 2.45) is 10.8 Å². The molecule has 0 radical (unpaired) electrons. The molecule has 0 unspecified atom stereocenters. The number of hydrogen-bond donors (Lipinski definition) is 0. The van der Waals surface area contributed by atoms with Crippen LogP contribution in [0.2, 0.25) is 0 Å². The molecule has 0 fully saturated rings. The number of ketones is 1. The average molecular weight is 490 g/mol. The first-order valence-corrected chi connectivity index (χ1v) is 12.1. The summed E-state index contributed by atoms with van der Waals surface area (Å²) >= 11 is 0. The maximum atomic E-state index is 13.0. The average Bonchev–Trinajstić information content (AvgIpc) is 3.07. The Bertz CT molecular complexity index is 885. The molecule has 1 aliphatic heterocycles. The Labute approximate surface area is 208 Å². The van der Waals surface area contributed by atoms with Crippen LogP contribution in [0.15, 0.2) is 24.3 Å². The summed E-state index contributed by atoms with van der Waals surface area (Å²) in [6.45, 7) is 8.34. The fraction of sp³-hybridized carbons (Fsp3) is 0.654. The summed E-state index contributed by atoms with van der Waals surface area (Å²) in [5.41, 5.74) is -0.840. The molecular formula is C26H39N3O6. The van der Waals surface area contributed by atoms with Crippen LogP contribution in [0, 0.1) is 10.8 Å². The van der Waals surface area contributed by atoms with Gasteiger partial charge in [0.2, 0.25) is 5.91 Å². The number of allylic oxidation sites excluding steroid dienone is 1. The van der Waals surface area contributed by atoms with E-state index in [1.54, 1.807) is 19.0 Å². The minimum atomic E-state index is -0.736. The molecular weight excluding hydrogens is 450 g/mol. The molecule has 2 aliphatic rings. The molecule has 0 bridgehead atoms. The third-order valence-corrected chi connectivity index (χ3v) is 6.51. The second-order valence-electron chi connectivity index (χ2n) is 11.0. The lowest BCUT2D eigenvalue weighted by Crippen LogP contribution is -2.42. The standard InChI is InChI=1S/C26H39N3O6/c1-25(2,3)17-23(33)27(5)15-16-28(6)24(34)35-19-9-7-8-13-26(4,14-12-19)20(30)18-29-21(31)10-11-22(29)32/h7,9-11,19H,8,12-18H2,1-6H3/b9-7+/t19-,26+/m0/s1. The minimum absolute atomic E-state index is 0.0271. The van der Waals surface area contributed by atoms with Crippen LogP contribution >= 0.6 is 0 Å². The first kappa shape index (κ1) is 28.3. The zero-order chi connectivity index (χ0) is 26.4. The van der Waals surface area contributed by atoms with Crippen molar-refractivity contribution < 1.29 is 28.7 Å². The van der Waals surface area contributed by atoms with Crippen molar-refractivity contribution in [3.63, 3.8) is 0 Å². The molecule has 1 heterocycles. The lowest BCUT2D eigenvalue weighted by Gasteiger charge is -2.32. The summed E-state index contributed by atoms with van der Waals surface area (Å²) in [6, 6.07) is 0. The fourth-order valence-corrected chi connectivity index (χ4v) is 3.95. The second kappa shape index (κ2) is 11.6. The van der Waals surface area contributed by atoms with E-state index in [0.29, 0.717) is 45.2 Å². The van der Waals surface area contributed by atoms with E-state index in [0.717, 1.165) is 4.90 Å². The quantitative estimate of drug-likeness (QED) is 0.384. The summed E-state index contributed by atoms with van der Waals surface area (Å²) in [6.07, 6.45) is 7.63. The molecule has 0 aromatic rings. The molecule has 1 aliphatic carbocycles. The summed E-state index contributed by atoms with van der Waals surface area (Å²) in [4.78, 5) is 65.6. The zero-order valence-corrected chi connectivity index (χ0v) is 21.8. The zero-order valence-electron chi connectivity index (χ0n) is 21.8. The Kier molecular flexibility index (Phi) is 9.40. The van der Waals surface area contributed by atoms with Gasteiger partial charge in [-0.25, -0.2) is 4.79 Å². The Hall–Kier alpha value is -2.97. The first-order valence-electron chi connectivity index (χ1n) is 12.1. The van der Waals surface area contributed by atoms with Gasteiger partial charge in [0.25, 0.3) is 11.8 Å². The molecule has 0 saturated carbocycles. The molecule has 0 spiro atoms. The normalized spacial score (nSPS) is 23.5. The van der Waals surface area contributed by atoms with Gasteiger partial charge in [-0.3, -0.25) is 24.1 Å². The van der Waals surface area contributed by atoms with Crippen LogP contribution < -0.4 is 0 Å². The number of Topliss-reactive ketones (excluding diaryl/α,β-unsaturated/α-hetero) is 1. The number of amides is 4. The highest BCUT2D eigenvalue weighted by Gasteiger charge is 2.37. The molecule has 194 valence electrons. The topological polar surface area (TPSA) is 104 Å². The van der Waals surface area contributed by atoms with Gasteiger partial charge in [-0.05, 0) is 37.2 Å². The van der Waals surface area contributed by atoms with E-state index < -0.39 is 29.4 Å². The van der Waals surface area contributed by atoms with Crippen LogP contribution in [0.3, 0.4) is 0 Å².